The van der Waals surface area contributed by atoms with Gasteiger partial charge in [0, 0.05) is 36.8 Å². The summed E-state index contributed by atoms with van der Waals surface area (Å²) in [6.07, 6.45) is 0. The number of nitrogens with zero attached hydrogens (tertiary/aromatic N) is 1. The molecule has 0 aliphatic carbocycles. The second-order valence-electron chi connectivity index (χ2n) is 4.12. The van der Waals surface area contributed by atoms with Gasteiger partial charge in [-0.2, -0.15) is 0 Å². The molecule has 0 aromatic heterocycles. The number of aliphatic hydroxyl groups excluding tert-OH is 1. The van der Waals surface area contributed by atoms with Gasteiger partial charge in [0.1, 0.15) is 5.82 Å². The topological polar surface area (TPSA) is 35.5 Å². The Morgan fingerprint density at radius 2 is 2.12 bits per heavy atom. The number of halogens is 2. The Morgan fingerprint density at radius 3 is 2.71 bits per heavy atom. The minimum atomic E-state index is -0.356. The predicted octanol–water partition coefficient (Wildman–Crippen LogP) is 1.42. The Bertz CT molecular complexity index is 363. The van der Waals surface area contributed by atoms with E-state index in [2.05, 4.69) is 10.2 Å². The number of hydrogen-bond donors (Lipinski definition) is 2. The lowest BCUT2D eigenvalue weighted by molar-refractivity contribution is 0.108. The molecule has 1 aliphatic heterocycles. The Labute approximate surface area is 105 Å². The molecule has 0 bridgehead atoms. The number of benzene rings is 1. The van der Waals surface area contributed by atoms with E-state index in [1.165, 1.54) is 6.07 Å². The maximum Gasteiger partial charge on any atom is 0.129 e. The van der Waals surface area contributed by atoms with E-state index in [0.717, 1.165) is 26.2 Å². The average Bonchev–Trinajstić information content (AvgIpc) is 2.35. The van der Waals surface area contributed by atoms with Crippen LogP contribution in [0.1, 0.15) is 11.6 Å². The Hall–Kier alpha value is -0.680. The third-order valence-corrected chi connectivity index (χ3v) is 3.43. The van der Waals surface area contributed by atoms with Crippen molar-refractivity contribution >= 4 is 11.6 Å². The van der Waals surface area contributed by atoms with Gasteiger partial charge in [-0.1, -0.05) is 17.7 Å². The quantitative estimate of drug-likeness (QED) is 0.861. The summed E-state index contributed by atoms with van der Waals surface area (Å²) in [5, 5.41) is 13.1. The molecule has 17 heavy (non-hydrogen) atoms. The Kier molecular flexibility index (Phi) is 4.34. The molecule has 1 atom stereocenters. The summed E-state index contributed by atoms with van der Waals surface area (Å²) in [5.41, 5.74) is 0.401. The number of nitrogens with one attached hydrogen (secondary N) is 1. The van der Waals surface area contributed by atoms with Gasteiger partial charge in [0.25, 0.3) is 0 Å². The molecular weight excluding hydrogens is 243 g/mol. The monoisotopic (exact) mass is 258 g/mol. The fourth-order valence-electron chi connectivity index (χ4n) is 2.21. The van der Waals surface area contributed by atoms with Gasteiger partial charge in [-0.05, 0) is 12.1 Å². The van der Waals surface area contributed by atoms with E-state index in [4.69, 9.17) is 11.6 Å². The van der Waals surface area contributed by atoms with Crippen molar-refractivity contribution < 1.29 is 9.50 Å². The maximum absolute atomic E-state index is 13.8. The average molecular weight is 259 g/mol. The summed E-state index contributed by atoms with van der Waals surface area (Å²) in [6.45, 7) is 3.15. The van der Waals surface area contributed by atoms with Crippen LogP contribution in [0.4, 0.5) is 4.39 Å². The zero-order valence-electron chi connectivity index (χ0n) is 9.50. The van der Waals surface area contributed by atoms with Gasteiger partial charge in [0.15, 0.2) is 0 Å². The summed E-state index contributed by atoms with van der Waals surface area (Å²) in [6, 6.07) is 4.26. The van der Waals surface area contributed by atoms with Gasteiger partial charge >= 0.3 is 0 Å². The van der Waals surface area contributed by atoms with Crippen molar-refractivity contribution in [3.05, 3.63) is 34.6 Å². The van der Waals surface area contributed by atoms with Crippen molar-refractivity contribution in [2.45, 2.75) is 6.04 Å². The third kappa shape index (κ3) is 2.77. The van der Waals surface area contributed by atoms with Gasteiger partial charge < -0.3 is 10.4 Å². The van der Waals surface area contributed by atoms with E-state index in [-0.39, 0.29) is 18.5 Å². The fraction of sp³-hybridized carbons (Fsp3) is 0.500. The molecule has 5 heteroatoms. The molecule has 1 aliphatic rings. The summed E-state index contributed by atoms with van der Waals surface area (Å²) < 4.78 is 13.8. The molecule has 0 saturated carbocycles. The van der Waals surface area contributed by atoms with Crippen molar-refractivity contribution in [3.63, 3.8) is 0 Å². The summed E-state index contributed by atoms with van der Waals surface area (Å²) in [7, 11) is 0. The van der Waals surface area contributed by atoms with Gasteiger partial charge in [-0.15, -0.1) is 0 Å². The first kappa shape index (κ1) is 12.8. The standard InChI is InChI=1S/C12H16ClFN2O/c13-9-2-1-3-10(14)12(9)11(8-17)16-6-4-15-5-7-16/h1-3,11,15,17H,4-8H2. The van der Waals surface area contributed by atoms with Crippen LogP contribution in [0, 0.1) is 5.82 Å². The first-order valence-corrected chi connectivity index (χ1v) is 6.11. The van der Waals surface area contributed by atoms with E-state index in [1.807, 2.05) is 0 Å². The SMILES string of the molecule is OCC(c1c(F)cccc1Cl)N1CCNCC1. The molecule has 2 rings (SSSR count). The zero-order chi connectivity index (χ0) is 12.3. The summed E-state index contributed by atoms with van der Waals surface area (Å²) in [4.78, 5) is 2.06. The van der Waals surface area contributed by atoms with Gasteiger partial charge in [-0.3, -0.25) is 4.90 Å². The van der Waals surface area contributed by atoms with Crippen molar-refractivity contribution in [3.8, 4) is 0 Å². The van der Waals surface area contributed by atoms with Gasteiger partial charge in [0.05, 0.1) is 12.6 Å². The number of piperazine rings is 1. The summed E-state index contributed by atoms with van der Waals surface area (Å²) >= 11 is 6.03. The minimum absolute atomic E-state index is 0.124. The molecule has 94 valence electrons. The van der Waals surface area contributed by atoms with Crippen LogP contribution in [-0.4, -0.2) is 42.8 Å². The van der Waals surface area contributed by atoms with Crippen molar-refractivity contribution in [2.75, 3.05) is 32.8 Å². The van der Waals surface area contributed by atoms with E-state index < -0.39 is 0 Å². The summed E-state index contributed by atoms with van der Waals surface area (Å²) in [5.74, 6) is -0.352. The second kappa shape index (κ2) is 5.78. The van der Waals surface area contributed by atoms with E-state index >= 15 is 0 Å². The van der Waals surface area contributed by atoms with Crippen LogP contribution in [0.2, 0.25) is 5.02 Å². The van der Waals surface area contributed by atoms with Crippen LogP contribution in [0.25, 0.3) is 0 Å². The normalized spacial score (nSPS) is 19.2. The Balaban J connectivity index is 2.27. The maximum atomic E-state index is 13.8. The van der Waals surface area contributed by atoms with Crippen LogP contribution >= 0.6 is 11.6 Å². The van der Waals surface area contributed by atoms with Crippen LogP contribution in [0.15, 0.2) is 18.2 Å². The lowest BCUT2D eigenvalue weighted by atomic mass is 10.0. The third-order valence-electron chi connectivity index (χ3n) is 3.10. The van der Waals surface area contributed by atoms with Crippen LogP contribution in [0.5, 0.6) is 0 Å². The second-order valence-corrected chi connectivity index (χ2v) is 4.53. The largest absolute Gasteiger partial charge is 0.394 e. The van der Waals surface area contributed by atoms with Crippen molar-refractivity contribution in [2.24, 2.45) is 0 Å². The molecule has 0 spiro atoms. The minimum Gasteiger partial charge on any atom is -0.394 e. The molecule has 1 aromatic rings. The fourth-order valence-corrected chi connectivity index (χ4v) is 2.50. The predicted molar refractivity (Wildman–Crippen MR) is 65.7 cm³/mol. The highest BCUT2D eigenvalue weighted by Crippen LogP contribution is 2.29. The van der Waals surface area contributed by atoms with Crippen LogP contribution < -0.4 is 5.32 Å². The highest BCUT2D eigenvalue weighted by molar-refractivity contribution is 6.31. The highest BCUT2D eigenvalue weighted by Gasteiger charge is 2.25. The lowest BCUT2D eigenvalue weighted by Gasteiger charge is -2.34. The molecule has 3 nitrogen and oxygen atoms in total. The van der Waals surface area contributed by atoms with Crippen LogP contribution in [0.3, 0.4) is 0 Å². The van der Waals surface area contributed by atoms with Gasteiger partial charge in [-0.25, -0.2) is 4.39 Å². The van der Waals surface area contributed by atoms with Crippen molar-refractivity contribution in [1.29, 1.82) is 0 Å². The number of rotatable bonds is 3. The number of aliphatic hydroxyl groups is 1. The van der Waals surface area contributed by atoms with E-state index in [1.54, 1.807) is 12.1 Å². The van der Waals surface area contributed by atoms with E-state index in [0.29, 0.717) is 10.6 Å². The van der Waals surface area contributed by atoms with Crippen LogP contribution in [-0.2, 0) is 0 Å². The smallest absolute Gasteiger partial charge is 0.129 e. The van der Waals surface area contributed by atoms with E-state index in [9.17, 15) is 9.50 Å². The Morgan fingerprint density at radius 1 is 1.41 bits per heavy atom. The molecule has 1 heterocycles. The molecule has 1 saturated heterocycles. The molecule has 0 radical (unpaired) electrons. The molecular formula is C12H16ClFN2O. The number of hydrogen-bond acceptors (Lipinski definition) is 3. The molecule has 0 amide bonds. The van der Waals surface area contributed by atoms with Gasteiger partial charge in [0.2, 0.25) is 0 Å². The molecule has 1 aromatic carbocycles. The molecule has 2 N–H and O–H groups in total. The first-order chi connectivity index (χ1) is 8.24. The lowest BCUT2D eigenvalue weighted by Crippen LogP contribution is -2.46. The first-order valence-electron chi connectivity index (χ1n) is 5.73. The molecule has 1 unspecified atom stereocenters. The zero-order valence-corrected chi connectivity index (χ0v) is 10.3. The molecule has 1 fully saturated rings. The highest BCUT2D eigenvalue weighted by atomic mass is 35.5. The van der Waals surface area contributed by atoms with Crippen molar-refractivity contribution in [1.82, 2.24) is 10.2 Å².